The monoisotopic (exact) mass is 180 g/mol. The Labute approximate surface area is 76.5 Å². The predicted molar refractivity (Wildman–Crippen MR) is 52.9 cm³/mol. The molecule has 0 unspecified atom stereocenters. The minimum atomic E-state index is 0.770. The Bertz CT molecular complexity index is 333. The van der Waals surface area contributed by atoms with E-state index in [4.69, 9.17) is 11.6 Å². The number of hydrogen-bond acceptors (Lipinski definition) is 2. The van der Waals surface area contributed by atoms with Gasteiger partial charge in [-0.05, 0) is 12.1 Å². The summed E-state index contributed by atoms with van der Waals surface area (Å²) < 4.78 is 0. The maximum absolute atomic E-state index is 6.02. The first-order valence-corrected chi connectivity index (χ1v) is 4.19. The first-order chi connectivity index (χ1) is 5.79. The Morgan fingerprint density at radius 2 is 2.33 bits per heavy atom. The van der Waals surface area contributed by atoms with Crippen molar-refractivity contribution in [2.45, 2.75) is 0 Å². The van der Waals surface area contributed by atoms with Gasteiger partial charge in [0.1, 0.15) is 0 Å². The second-order valence-electron chi connectivity index (χ2n) is 2.80. The highest BCUT2D eigenvalue weighted by Crippen LogP contribution is 2.36. The van der Waals surface area contributed by atoms with E-state index < -0.39 is 0 Å². The quantitative estimate of drug-likeness (QED) is 0.599. The molecule has 0 fully saturated rings. The van der Waals surface area contributed by atoms with E-state index >= 15 is 0 Å². The summed E-state index contributed by atoms with van der Waals surface area (Å²) in [5, 5.41) is 0.770. The van der Waals surface area contributed by atoms with Crippen molar-refractivity contribution in [3.05, 3.63) is 23.2 Å². The second kappa shape index (κ2) is 2.79. The van der Waals surface area contributed by atoms with Crippen LogP contribution in [0.2, 0.25) is 5.02 Å². The lowest BCUT2D eigenvalue weighted by Gasteiger charge is -2.23. The molecule has 1 aliphatic heterocycles. The summed E-state index contributed by atoms with van der Waals surface area (Å²) in [6.07, 6.45) is 1.89. The second-order valence-corrected chi connectivity index (χ2v) is 3.21. The first kappa shape index (κ1) is 7.62. The molecule has 0 saturated carbocycles. The third-order valence-corrected chi connectivity index (χ3v) is 2.24. The molecular formula is C9H9ClN2. The Morgan fingerprint density at radius 1 is 1.50 bits per heavy atom. The van der Waals surface area contributed by atoms with Gasteiger partial charge in [-0.1, -0.05) is 17.7 Å². The van der Waals surface area contributed by atoms with Crippen LogP contribution in [0.3, 0.4) is 0 Å². The molecule has 0 atom stereocenters. The van der Waals surface area contributed by atoms with Gasteiger partial charge in [0, 0.05) is 13.3 Å². The molecule has 0 aromatic heterocycles. The van der Waals surface area contributed by atoms with Gasteiger partial charge in [-0.15, -0.1) is 0 Å². The molecule has 0 bridgehead atoms. The average molecular weight is 181 g/mol. The number of hydrogen-bond donors (Lipinski definition) is 0. The van der Waals surface area contributed by atoms with Gasteiger partial charge in [0.2, 0.25) is 0 Å². The smallest absolute Gasteiger partial charge is 0.0875 e. The number of fused-ring (bicyclic) bond motifs is 1. The molecule has 2 nitrogen and oxygen atoms in total. The number of anilines is 1. The van der Waals surface area contributed by atoms with Crippen molar-refractivity contribution in [1.29, 1.82) is 0 Å². The average Bonchev–Trinajstić information content (AvgIpc) is 2.04. The van der Waals surface area contributed by atoms with Crippen molar-refractivity contribution in [2.24, 2.45) is 4.99 Å². The molecule has 0 radical (unpaired) electrons. The Balaban J connectivity index is 2.62. The predicted octanol–water partition coefficient (Wildman–Crippen LogP) is 2.49. The van der Waals surface area contributed by atoms with Crippen LogP contribution in [0.15, 0.2) is 23.2 Å². The summed E-state index contributed by atoms with van der Waals surface area (Å²) in [7, 11) is 2.01. The molecule has 1 heterocycles. The fourth-order valence-electron chi connectivity index (χ4n) is 1.34. The van der Waals surface area contributed by atoms with Crippen LogP contribution in [0.4, 0.5) is 11.4 Å². The molecule has 12 heavy (non-hydrogen) atoms. The number of nitrogens with zero attached hydrogens (tertiary/aromatic N) is 2. The molecule has 1 aromatic rings. The topological polar surface area (TPSA) is 15.6 Å². The fraction of sp³-hybridized carbons (Fsp3) is 0.222. The molecule has 1 aliphatic rings. The lowest BCUT2D eigenvalue weighted by Crippen LogP contribution is -2.22. The molecule has 1 aromatic carbocycles. The van der Waals surface area contributed by atoms with E-state index in [9.17, 15) is 0 Å². The molecule has 0 amide bonds. The van der Waals surface area contributed by atoms with Gasteiger partial charge >= 0.3 is 0 Å². The van der Waals surface area contributed by atoms with E-state index in [1.807, 2.05) is 31.5 Å². The number of rotatable bonds is 0. The highest BCUT2D eigenvalue weighted by Gasteiger charge is 2.12. The van der Waals surface area contributed by atoms with Gasteiger partial charge in [-0.25, -0.2) is 0 Å². The summed E-state index contributed by atoms with van der Waals surface area (Å²) in [4.78, 5) is 6.34. The van der Waals surface area contributed by atoms with E-state index in [2.05, 4.69) is 9.89 Å². The van der Waals surface area contributed by atoms with Crippen LogP contribution in [0, 0.1) is 0 Å². The van der Waals surface area contributed by atoms with Gasteiger partial charge < -0.3 is 4.90 Å². The Hall–Kier alpha value is -1.02. The normalized spacial score (nSPS) is 14.7. The van der Waals surface area contributed by atoms with Gasteiger partial charge in [-0.2, -0.15) is 0 Å². The van der Waals surface area contributed by atoms with Crippen molar-refractivity contribution in [3.8, 4) is 0 Å². The highest BCUT2D eigenvalue weighted by atomic mass is 35.5. The van der Waals surface area contributed by atoms with Crippen molar-refractivity contribution >= 4 is 29.2 Å². The number of benzene rings is 1. The summed E-state index contributed by atoms with van der Waals surface area (Å²) in [5.41, 5.74) is 1.98. The zero-order valence-corrected chi connectivity index (χ0v) is 7.54. The van der Waals surface area contributed by atoms with E-state index in [1.165, 1.54) is 0 Å². The largest absolute Gasteiger partial charge is 0.366 e. The Kier molecular flexibility index (Phi) is 1.77. The van der Waals surface area contributed by atoms with E-state index in [1.54, 1.807) is 0 Å². The summed E-state index contributed by atoms with van der Waals surface area (Å²) >= 11 is 6.02. The number of halogens is 1. The minimum Gasteiger partial charge on any atom is -0.366 e. The van der Waals surface area contributed by atoms with Crippen LogP contribution < -0.4 is 4.90 Å². The van der Waals surface area contributed by atoms with Gasteiger partial charge in [0.15, 0.2) is 0 Å². The molecule has 2 rings (SSSR count). The summed E-state index contributed by atoms with van der Waals surface area (Å²) in [5.74, 6) is 0. The van der Waals surface area contributed by atoms with Crippen LogP contribution in [-0.4, -0.2) is 19.8 Å². The van der Waals surface area contributed by atoms with E-state index in [-0.39, 0.29) is 0 Å². The van der Waals surface area contributed by atoms with Crippen LogP contribution >= 0.6 is 11.6 Å². The zero-order valence-electron chi connectivity index (χ0n) is 6.79. The van der Waals surface area contributed by atoms with Crippen molar-refractivity contribution < 1.29 is 0 Å². The van der Waals surface area contributed by atoms with E-state index in [0.717, 1.165) is 22.9 Å². The van der Waals surface area contributed by atoms with Gasteiger partial charge in [0.25, 0.3) is 0 Å². The van der Waals surface area contributed by atoms with Crippen molar-refractivity contribution in [1.82, 2.24) is 0 Å². The molecule has 0 aliphatic carbocycles. The van der Waals surface area contributed by atoms with Gasteiger partial charge in [-0.3, -0.25) is 4.99 Å². The highest BCUT2D eigenvalue weighted by molar-refractivity contribution is 6.34. The van der Waals surface area contributed by atoms with Crippen LogP contribution in [0.1, 0.15) is 0 Å². The lowest BCUT2D eigenvalue weighted by atomic mass is 10.2. The summed E-state index contributed by atoms with van der Waals surface area (Å²) in [6, 6.07) is 5.77. The van der Waals surface area contributed by atoms with E-state index in [0.29, 0.717) is 0 Å². The summed E-state index contributed by atoms with van der Waals surface area (Å²) in [6.45, 7) is 0.830. The molecule has 62 valence electrons. The van der Waals surface area contributed by atoms with Crippen molar-refractivity contribution in [3.63, 3.8) is 0 Å². The maximum Gasteiger partial charge on any atom is 0.0875 e. The van der Waals surface area contributed by atoms with Crippen molar-refractivity contribution in [2.75, 3.05) is 18.5 Å². The van der Waals surface area contributed by atoms with Crippen LogP contribution in [0.25, 0.3) is 0 Å². The zero-order chi connectivity index (χ0) is 8.55. The molecule has 0 saturated heterocycles. The molecule has 3 heteroatoms. The van der Waals surface area contributed by atoms with Crippen LogP contribution in [0.5, 0.6) is 0 Å². The van der Waals surface area contributed by atoms with Crippen LogP contribution in [-0.2, 0) is 0 Å². The molecule has 0 N–H and O–H groups in total. The molecular weight excluding hydrogens is 172 g/mol. The maximum atomic E-state index is 6.02. The fourth-order valence-corrected chi connectivity index (χ4v) is 1.65. The van der Waals surface area contributed by atoms with Gasteiger partial charge in [0.05, 0.1) is 22.9 Å². The first-order valence-electron chi connectivity index (χ1n) is 3.81. The minimum absolute atomic E-state index is 0.770. The third-order valence-electron chi connectivity index (χ3n) is 1.93. The Morgan fingerprint density at radius 3 is 3.08 bits per heavy atom. The third kappa shape index (κ3) is 1.08. The molecule has 0 spiro atoms. The number of aliphatic imine (C=N–C) groups is 1. The lowest BCUT2D eigenvalue weighted by molar-refractivity contribution is 1.05. The standard InChI is InChI=1S/C9H9ClN2/c1-12-6-5-11-8-4-2-3-7(10)9(8)12/h2-5H,6H2,1H3. The SMILES string of the molecule is CN1CC=Nc2cccc(Cl)c21. The number of para-hydroxylation sites is 1.